The van der Waals surface area contributed by atoms with Gasteiger partial charge in [0, 0.05) is 17.3 Å². The van der Waals surface area contributed by atoms with E-state index in [0.29, 0.717) is 23.7 Å². The van der Waals surface area contributed by atoms with Crippen LogP contribution in [0.3, 0.4) is 0 Å². The number of aromatic nitrogens is 2. The Bertz CT molecular complexity index is 1070. The molecule has 0 aromatic carbocycles. The highest BCUT2D eigenvalue weighted by Gasteiger charge is 2.57. The van der Waals surface area contributed by atoms with Crippen molar-refractivity contribution in [1.29, 1.82) is 0 Å². The fourth-order valence-corrected chi connectivity index (χ4v) is 8.33. The van der Waals surface area contributed by atoms with Crippen molar-refractivity contribution in [3.05, 3.63) is 35.9 Å². The lowest BCUT2D eigenvalue weighted by molar-refractivity contribution is -0.0217. The van der Waals surface area contributed by atoms with Gasteiger partial charge in [0.25, 0.3) is 10.1 Å². The summed E-state index contributed by atoms with van der Waals surface area (Å²) in [6.07, 6.45) is 17.5. The number of fused-ring (bicyclic) bond motifs is 5. The van der Waals surface area contributed by atoms with Crippen LogP contribution in [0.5, 0.6) is 0 Å². The average molecular weight is 459 g/mol. The van der Waals surface area contributed by atoms with Crippen LogP contribution in [-0.2, 0) is 14.3 Å². The van der Waals surface area contributed by atoms with Crippen molar-refractivity contribution in [3.8, 4) is 0 Å². The van der Waals surface area contributed by atoms with Gasteiger partial charge in [-0.1, -0.05) is 45.4 Å². The van der Waals surface area contributed by atoms with Crippen molar-refractivity contribution < 1.29 is 12.6 Å². The Hall–Kier alpha value is -1.40. The highest BCUT2D eigenvalue weighted by molar-refractivity contribution is 7.86. The average Bonchev–Trinajstić information content (AvgIpc) is 3.31. The summed E-state index contributed by atoms with van der Waals surface area (Å²) in [6.45, 7) is 9.34. The van der Waals surface area contributed by atoms with E-state index in [0.717, 1.165) is 37.8 Å². The molecule has 4 aliphatic carbocycles. The Morgan fingerprint density at radius 1 is 1.09 bits per heavy atom. The molecular formula is C26H38N2O3S. The molecule has 1 aromatic heterocycles. The number of hydrogen-bond donors (Lipinski definition) is 0. The molecule has 0 spiro atoms. The van der Waals surface area contributed by atoms with Crippen LogP contribution in [0.25, 0.3) is 5.70 Å². The first kappa shape index (κ1) is 22.4. The van der Waals surface area contributed by atoms with E-state index in [1.54, 1.807) is 0 Å². The second-order valence-corrected chi connectivity index (χ2v) is 13.2. The van der Waals surface area contributed by atoms with Crippen LogP contribution in [0.2, 0.25) is 0 Å². The van der Waals surface area contributed by atoms with Gasteiger partial charge in [-0.05, 0) is 74.0 Å². The molecule has 6 atom stereocenters. The molecule has 2 saturated carbocycles. The molecule has 32 heavy (non-hydrogen) atoms. The molecule has 6 heteroatoms. The van der Waals surface area contributed by atoms with Crippen LogP contribution in [0, 0.1) is 28.6 Å². The van der Waals surface area contributed by atoms with Crippen molar-refractivity contribution in [2.45, 2.75) is 84.7 Å². The maximum absolute atomic E-state index is 11.7. The Balaban J connectivity index is 1.39. The summed E-state index contributed by atoms with van der Waals surface area (Å²) >= 11 is 0. The number of allylic oxidation sites excluding steroid dienone is 3. The zero-order valence-electron chi connectivity index (χ0n) is 20.2. The normalized spacial score (nSPS) is 39.2. The third kappa shape index (κ3) is 3.53. The van der Waals surface area contributed by atoms with Gasteiger partial charge in [-0.3, -0.25) is 4.18 Å². The second-order valence-electron chi connectivity index (χ2n) is 11.6. The topological polar surface area (TPSA) is 61.2 Å². The zero-order chi connectivity index (χ0) is 22.9. The van der Waals surface area contributed by atoms with Crippen LogP contribution >= 0.6 is 0 Å². The summed E-state index contributed by atoms with van der Waals surface area (Å²) in [5.74, 6) is 2.49. The van der Waals surface area contributed by atoms with E-state index in [-0.39, 0.29) is 16.9 Å². The van der Waals surface area contributed by atoms with Crippen molar-refractivity contribution >= 4 is 15.8 Å². The molecule has 5 nitrogen and oxygen atoms in total. The molecule has 5 rings (SSSR count). The van der Waals surface area contributed by atoms with Crippen molar-refractivity contribution in [1.82, 2.24) is 9.55 Å². The van der Waals surface area contributed by atoms with Crippen molar-refractivity contribution in [3.63, 3.8) is 0 Å². The summed E-state index contributed by atoms with van der Waals surface area (Å²) in [5.41, 5.74) is 4.45. The van der Waals surface area contributed by atoms with E-state index >= 15 is 0 Å². The standard InChI is InChI=1S/C26H38N2O3S/c1-17(2)23-15-28(16-27-23)24-9-8-21-20-7-6-18-14-19(31-32(5,29)30)10-12-25(18,3)22(20)11-13-26(21,24)4/h6,9,15-17,19-22H,7-8,10-14H2,1-5H3/t19-,20?,21?,22?,25-,26?/m0/s1. The summed E-state index contributed by atoms with van der Waals surface area (Å²) in [7, 11) is -3.40. The van der Waals surface area contributed by atoms with E-state index in [1.807, 2.05) is 6.33 Å². The number of imidazole rings is 1. The lowest BCUT2D eigenvalue weighted by Crippen LogP contribution is -2.50. The molecule has 0 radical (unpaired) electrons. The van der Waals surface area contributed by atoms with Crippen LogP contribution in [-0.4, -0.2) is 30.3 Å². The fraction of sp³-hybridized carbons (Fsp3) is 0.731. The fourth-order valence-electron chi connectivity index (χ4n) is 7.67. The monoisotopic (exact) mass is 458 g/mol. The van der Waals surface area contributed by atoms with Crippen LogP contribution in [0.4, 0.5) is 0 Å². The summed E-state index contributed by atoms with van der Waals surface area (Å²) < 4.78 is 31.0. The Kier molecular flexibility index (Phi) is 5.29. The minimum Gasteiger partial charge on any atom is -0.310 e. The Labute approximate surface area is 193 Å². The minimum absolute atomic E-state index is 0.185. The molecule has 4 aliphatic rings. The molecule has 1 heterocycles. The van der Waals surface area contributed by atoms with Crippen LogP contribution in [0.1, 0.15) is 84.3 Å². The lowest BCUT2D eigenvalue weighted by Gasteiger charge is -2.57. The van der Waals surface area contributed by atoms with Crippen LogP contribution in [0.15, 0.2) is 30.2 Å². The third-order valence-electron chi connectivity index (χ3n) is 9.38. The van der Waals surface area contributed by atoms with Gasteiger partial charge in [0.15, 0.2) is 0 Å². The van der Waals surface area contributed by atoms with Gasteiger partial charge in [-0.25, -0.2) is 4.98 Å². The highest BCUT2D eigenvalue weighted by atomic mass is 32.2. The first-order valence-corrected chi connectivity index (χ1v) is 14.2. The Morgan fingerprint density at radius 3 is 2.53 bits per heavy atom. The van der Waals surface area contributed by atoms with E-state index in [2.05, 4.69) is 55.6 Å². The lowest BCUT2D eigenvalue weighted by atomic mass is 9.48. The molecule has 4 unspecified atom stereocenters. The first-order valence-electron chi connectivity index (χ1n) is 12.3. The van der Waals surface area contributed by atoms with Gasteiger partial charge in [-0.15, -0.1) is 0 Å². The molecule has 0 N–H and O–H groups in total. The van der Waals surface area contributed by atoms with Gasteiger partial charge < -0.3 is 4.57 Å². The highest BCUT2D eigenvalue weighted by Crippen LogP contribution is 2.65. The first-order chi connectivity index (χ1) is 15.0. The Morgan fingerprint density at radius 2 is 1.84 bits per heavy atom. The molecule has 0 saturated heterocycles. The number of rotatable bonds is 4. The van der Waals surface area contributed by atoms with Gasteiger partial charge >= 0.3 is 0 Å². The van der Waals surface area contributed by atoms with Crippen molar-refractivity contribution in [2.75, 3.05) is 6.26 Å². The predicted octanol–water partition coefficient (Wildman–Crippen LogP) is 5.76. The van der Waals surface area contributed by atoms with E-state index in [9.17, 15) is 8.42 Å². The molecule has 0 amide bonds. The van der Waals surface area contributed by atoms with Gasteiger partial charge in [0.05, 0.1) is 24.4 Å². The summed E-state index contributed by atoms with van der Waals surface area (Å²) in [4.78, 5) is 4.67. The summed E-state index contributed by atoms with van der Waals surface area (Å²) in [5, 5.41) is 0. The maximum Gasteiger partial charge on any atom is 0.264 e. The van der Waals surface area contributed by atoms with Crippen LogP contribution < -0.4 is 0 Å². The SMILES string of the molecule is CC(C)c1cn(C2=CCC3C4CC=C5C[C@@H](OS(C)(=O)=O)CC[C@]5(C)C4CCC23C)cn1. The predicted molar refractivity (Wildman–Crippen MR) is 127 cm³/mol. The zero-order valence-corrected chi connectivity index (χ0v) is 21.0. The quantitative estimate of drug-likeness (QED) is 0.425. The minimum atomic E-state index is -3.40. The molecule has 0 bridgehead atoms. The smallest absolute Gasteiger partial charge is 0.264 e. The number of hydrogen-bond acceptors (Lipinski definition) is 4. The summed E-state index contributed by atoms with van der Waals surface area (Å²) in [6, 6.07) is 0. The van der Waals surface area contributed by atoms with Crippen molar-refractivity contribution in [2.24, 2.45) is 28.6 Å². The molecular weight excluding hydrogens is 420 g/mol. The third-order valence-corrected chi connectivity index (χ3v) is 10.0. The molecule has 1 aromatic rings. The molecule has 0 aliphatic heterocycles. The maximum atomic E-state index is 11.7. The van der Waals surface area contributed by atoms with E-state index in [4.69, 9.17) is 4.18 Å². The van der Waals surface area contributed by atoms with Gasteiger partial charge in [0.2, 0.25) is 0 Å². The van der Waals surface area contributed by atoms with Gasteiger partial charge in [-0.2, -0.15) is 8.42 Å². The van der Waals surface area contributed by atoms with E-state index < -0.39 is 10.1 Å². The largest absolute Gasteiger partial charge is 0.310 e. The second kappa shape index (κ2) is 7.56. The van der Waals surface area contributed by atoms with Gasteiger partial charge in [0.1, 0.15) is 0 Å². The number of nitrogens with zero attached hydrogens (tertiary/aromatic N) is 2. The molecule has 176 valence electrons. The molecule has 2 fully saturated rings. The van der Waals surface area contributed by atoms with E-state index in [1.165, 1.54) is 30.4 Å².